The van der Waals surface area contributed by atoms with E-state index in [9.17, 15) is 0 Å². The van der Waals surface area contributed by atoms with Gasteiger partial charge in [-0.1, -0.05) is 84.0 Å². The van der Waals surface area contributed by atoms with E-state index in [2.05, 4.69) is 32.5 Å². The Kier molecular flexibility index (Phi) is 10.9. The van der Waals surface area contributed by atoms with Gasteiger partial charge in [-0.25, -0.2) is 0 Å². The van der Waals surface area contributed by atoms with Gasteiger partial charge in [0.25, 0.3) is 0 Å². The first-order valence-electron chi connectivity index (χ1n) is 12.3. The third kappa shape index (κ3) is 7.86. The maximum Gasteiger partial charge on any atom is 0.0557 e. The number of benzene rings is 2. The molecule has 34 heavy (non-hydrogen) atoms. The summed E-state index contributed by atoms with van der Waals surface area (Å²) in [4.78, 5) is 2.48. The fourth-order valence-corrected chi connectivity index (χ4v) is 7.44. The van der Waals surface area contributed by atoms with Crippen molar-refractivity contribution in [2.45, 2.75) is 56.2 Å². The molecule has 1 saturated heterocycles. The minimum absolute atomic E-state index is 0.232. The van der Waals surface area contributed by atoms with Gasteiger partial charge in [-0.05, 0) is 73.6 Å². The van der Waals surface area contributed by atoms with Gasteiger partial charge >= 0.3 is 0 Å². The fourth-order valence-electron chi connectivity index (χ4n) is 4.93. The number of halogens is 3. The van der Waals surface area contributed by atoms with E-state index < -0.39 is 0 Å². The van der Waals surface area contributed by atoms with Crippen LogP contribution < -0.4 is 14.3 Å². The Morgan fingerprint density at radius 2 is 1.62 bits per heavy atom. The zero-order valence-corrected chi connectivity index (χ0v) is 23.4. The second kappa shape index (κ2) is 13.9. The standard InChI is InChI=1S/C26H34Cl3N3S2/c27-20-7-10-22(11-8-20)32-18-19(6-13-26(32)24-12-9-21(28)16-25(24)29)17-31-33-15-14-30-34-23-4-2-1-3-5-23/h7-12,16,19,23,26,30-31H,1-6,13-15,17-18H2/t19-,26-/m0/s1. The Hall–Kier alpha value is -0.270. The van der Waals surface area contributed by atoms with Crippen molar-refractivity contribution in [2.75, 3.05) is 30.3 Å². The Morgan fingerprint density at radius 1 is 0.853 bits per heavy atom. The second-order valence-corrected chi connectivity index (χ2v) is 12.7. The average Bonchev–Trinajstić information content (AvgIpc) is 2.85. The molecule has 186 valence electrons. The highest BCUT2D eigenvalue weighted by Gasteiger charge is 2.30. The van der Waals surface area contributed by atoms with E-state index in [1.807, 2.05) is 48.2 Å². The van der Waals surface area contributed by atoms with E-state index in [-0.39, 0.29) is 6.04 Å². The van der Waals surface area contributed by atoms with Crippen LogP contribution in [0, 0.1) is 5.92 Å². The molecular formula is C26H34Cl3N3S2. The fraction of sp³-hybridized carbons (Fsp3) is 0.538. The van der Waals surface area contributed by atoms with Gasteiger partial charge in [0, 0.05) is 51.4 Å². The molecule has 2 aromatic rings. The smallest absolute Gasteiger partial charge is 0.0557 e. The summed E-state index contributed by atoms with van der Waals surface area (Å²) in [5.41, 5.74) is 2.32. The predicted molar refractivity (Wildman–Crippen MR) is 154 cm³/mol. The van der Waals surface area contributed by atoms with Crippen LogP contribution in [0.1, 0.15) is 56.6 Å². The Balaban J connectivity index is 1.27. The van der Waals surface area contributed by atoms with Crippen molar-refractivity contribution in [3.8, 4) is 0 Å². The van der Waals surface area contributed by atoms with Crippen LogP contribution in [-0.2, 0) is 0 Å². The first-order chi connectivity index (χ1) is 16.6. The van der Waals surface area contributed by atoms with Crippen molar-refractivity contribution >= 4 is 64.4 Å². The molecule has 2 N–H and O–H groups in total. The largest absolute Gasteiger partial charge is 0.364 e. The van der Waals surface area contributed by atoms with Gasteiger partial charge in [0.05, 0.1) is 6.04 Å². The molecular weight excluding hydrogens is 525 g/mol. The number of nitrogens with zero attached hydrogens (tertiary/aromatic N) is 1. The van der Waals surface area contributed by atoms with Crippen LogP contribution in [0.4, 0.5) is 5.69 Å². The van der Waals surface area contributed by atoms with E-state index in [1.54, 1.807) is 0 Å². The van der Waals surface area contributed by atoms with Gasteiger partial charge in [-0.15, -0.1) is 0 Å². The molecule has 1 aliphatic heterocycles. The van der Waals surface area contributed by atoms with Crippen molar-refractivity contribution in [2.24, 2.45) is 5.92 Å². The van der Waals surface area contributed by atoms with Crippen LogP contribution in [-0.4, -0.2) is 30.6 Å². The summed E-state index contributed by atoms with van der Waals surface area (Å²) in [5.74, 6) is 1.66. The molecule has 1 heterocycles. The summed E-state index contributed by atoms with van der Waals surface area (Å²) >= 11 is 22.7. The van der Waals surface area contributed by atoms with Crippen LogP contribution in [0.5, 0.6) is 0 Å². The summed E-state index contributed by atoms with van der Waals surface area (Å²) in [5, 5.41) is 2.98. The van der Waals surface area contributed by atoms with Crippen molar-refractivity contribution in [3.05, 3.63) is 63.1 Å². The molecule has 2 aromatic carbocycles. The maximum atomic E-state index is 6.62. The first kappa shape index (κ1) is 26.8. The molecule has 0 radical (unpaired) electrons. The highest BCUT2D eigenvalue weighted by molar-refractivity contribution is 7.98. The molecule has 4 rings (SSSR count). The first-order valence-corrected chi connectivity index (χ1v) is 15.3. The molecule has 0 aromatic heterocycles. The second-order valence-electron chi connectivity index (χ2n) is 9.22. The maximum absolute atomic E-state index is 6.62. The SMILES string of the molecule is Clc1ccc(N2C[C@H](CNSCCNSC3CCCCC3)CC[C@H]2c2ccc(Cl)cc2Cl)cc1. The lowest BCUT2D eigenvalue weighted by Crippen LogP contribution is -2.41. The lowest BCUT2D eigenvalue weighted by atomic mass is 9.88. The van der Waals surface area contributed by atoms with E-state index in [0.29, 0.717) is 10.9 Å². The highest BCUT2D eigenvalue weighted by atomic mass is 35.5. The number of rotatable bonds is 10. The van der Waals surface area contributed by atoms with Crippen molar-refractivity contribution < 1.29 is 0 Å². The molecule has 3 nitrogen and oxygen atoms in total. The summed E-state index contributed by atoms with van der Waals surface area (Å²) in [6.45, 7) is 3.03. The van der Waals surface area contributed by atoms with E-state index in [4.69, 9.17) is 34.8 Å². The van der Waals surface area contributed by atoms with Crippen molar-refractivity contribution in [3.63, 3.8) is 0 Å². The zero-order chi connectivity index (χ0) is 23.8. The number of nitrogens with one attached hydrogen (secondary N) is 2. The zero-order valence-electron chi connectivity index (χ0n) is 19.4. The minimum Gasteiger partial charge on any atom is -0.364 e. The van der Waals surface area contributed by atoms with Gasteiger partial charge in [0.15, 0.2) is 0 Å². The van der Waals surface area contributed by atoms with Crippen molar-refractivity contribution in [1.82, 2.24) is 9.44 Å². The minimum atomic E-state index is 0.232. The van der Waals surface area contributed by atoms with Gasteiger partial charge in [0.2, 0.25) is 0 Å². The number of hydrogen-bond acceptors (Lipinski definition) is 5. The molecule has 2 fully saturated rings. The summed E-state index contributed by atoms with van der Waals surface area (Å²) < 4.78 is 7.20. The van der Waals surface area contributed by atoms with E-state index >= 15 is 0 Å². The monoisotopic (exact) mass is 557 g/mol. The molecule has 0 spiro atoms. The lowest BCUT2D eigenvalue weighted by molar-refractivity contribution is 0.361. The van der Waals surface area contributed by atoms with Gasteiger partial charge in [-0.3, -0.25) is 9.44 Å². The molecule has 8 heteroatoms. The summed E-state index contributed by atoms with van der Waals surface area (Å²) in [6, 6.07) is 14.2. The van der Waals surface area contributed by atoms with E-state index in [1.165, 1.54) is 37.8 Å². The third-order valence-corrected chi connectivity index (χ3v) is 9.51. The van der Waals surface area contributed by atoms with Gasteiger partial charge < -0.3 is 4.90 Å². The Bertz CT molecular complexity index is 893. The summed E-state index contributed by atoms with van der Waals surface area (Å²) in [6.07, 6.45) is 9.18. The average molecular weight is 559 g/mol. The van der Waals surface area contributed by atoms with Crippen LogP contribution in [0.15, 0.2) is 42.5 Å². The summed E-state index contributed by atoms with van der Waals surface area (Å²) in [7, 11) is 0. The van der Waals surface area contributed by atoms with Crippen LogP contribution >= 0.6 is 58.7 Å². The van der Waals surface area contributed by atoms with Crippen molar-refractivity contribution in [1.29, 1.82) is 0 Å². The van der Waals surface area contributed by atoms with E-state index in [0.717, 1.165) is 59.1 Å². The number of hydrogen-bond donors (Lipinski definition) is 2. The molecule has 1 aliphatic carbocycles. The topological polar surface area (TPSA) is 27.3 Å². The van der Waals surface area contributed by atoms with Gasteiger partial charge in [0.1, 0.15) is 0 Å². The molecule has 1 saturated carbocycles. The third-order valence-electron chi connectivity index (χ3n) is 6.74. The quantitative estimate of drug-likeness (QED) is 0.225. The predicted octanol–water partition coefficient (Wildman–Crippen LogP) is 8.41. The molecule has 2 aliphatic rings. The lowest BCUT2D eigenvalue weighted by Gasteiger charge is -2.42. The van der Waals surface area contributed by atoms with Crippen LogP contribution in [0.25, 0.3) is 0 Å². The van der Waals surface area contributed by atoms with Crippen LogP contribution in [0.2, 0.25) is 15.1 Å². The van der Waals surface area contributed by atoms with Gasteiger partial charge in [-0.2, -0.15) is 0 Å². The van der Waals surface area contributed by atoms with Crippen LogP contribution in [0.3, 0.4) is 0 Å². The number of piperidine rings is 1. The Morgan fingerprint density at radius 3 is 2.38 bits per heavy atom. The molecule has 0 unspecified atom stereocenters. The molecule has 2 atom stereocenters. The molecule has 0 amide bonds. The highest BCUT2D eigenvalue weighted by Crippen LogP contribution is 2.40. The number of anilines is 1. The normalized spacial score (nSPS) is 21.7. The Labute approximate surface area is 228 Å². The molecule has 0 bridgehead atoms.